The second-order valence-electron chi connectivity index (χ2n) is 4.39. The van der Waals surface area contributed by atoms with Gasteiger partial charge in [-0.1, -0.05) is 25.5 Å². The van der Waals surface area contributed by atoms with Crippen molar-refractivity contribution in [2.45, 2.75) is 32.6 Å². The second-order valence-corrected chi connectivity index (χ2v) is 4.76. The molecule has 1 N–H and O–H groups in total. The Labute approximate surface area is 116 Å². The van der Waals surface area contributed by atoms with Gasteiger partial charge in [0.15, 0.2) is 0 Å². The number of hydrogen-bond acceptors (Lipinski definition) is 2. The maximum atomic E-state index is 5.70. The molecule has 0 aliphatic carbocycles. The van der Waals surface area contributed by atoms with Gasteiger partial charge >= 0.3 is 0 Å². The van der Waals surface area contributed by atoms with E-state index in [9.17, 15) is 0 Å². The van der Waals surface area contributed by atoms with Crippen LogP contribution in [0.3, 0.4) is 0 Å². The van der Waals surface area contributed by atoms with Crippen molar-refractivity contribution in [2.75, 3.05) is 31.0 Å². The minimum atomic E-state index is 0.725. The summed E-state index contributed by atoms with van der Waals surface area (Å²) in [5.74, 6) is 0.725. The van der Waals surface area contributed by atoms with E-state index in [0.717, 1.165) is 44.9 Å². The van der Waals surface area contributed by atoms with Crippen molar-refractivity contribution in [3.05, 3.63) is 29.8 Å². The molecule has 0 bridgehead atoms. The van der Waals surface area contributed by atoms with Crippen molar-refractivity contribution < 1.29 is 4.74 Å². The highest BCUT2D eigenvalue weighted by atomic mass is 35.5. The SMILES string of the molecule is CCCCOCCNc1cccc(CCCCl)c1. The Hall–Kier alpha value is -0.730. The molecule has 3 heteroatoms. The molecule has 0 saturated heterocycles. The number of halogens is 1. The predicted octanol–water partition coefficient (Wildman–Crippen LogP) is 4.09. The highest BCUT2D eigenvalue weighted by Gasteiger charge is 1.96. The van der Waals surface area contributed by atoms with E-state index >= 15 is 0 Å². The summed E-state index contributed by atoms with van der Waals surface area (Å²) >= 11 is 5.70. The van der Waals surface area contributed by atoms with Gasteiger partial charge in [-0.2, -0.15) is 0 Å². The first-order valence-corrected chi connectivity index (χ1v) is 7.36. The monoisotopic (exact) mass is 269 g/mol. The number of aryl methyl sites for hydroxylation is 1. The van der Waals surface area contributed by atoms with Crippen LogP contribution in [0.5, 0.6) is 0 Å². The Morgan fingerprint density at radius 1 is 1.22 bits per heavy atom. The first-order valence-electron chi connectivity index (χ1n) is 6.83. The third-order valence-electron chi connectivity index (χ3n) is 2.74. The minimum Gasteiger partial charge on any atom is -0.383 e. The smallest absolute Gasteiger partial charge is 0.0639 e. The van der Waals surface area contributed by atoms with Gasteiger partial charge in [0.05, 0.1) is 6.61 Å². The summed E-state index contributed by atoms with van der Waals surface area (Å²) in [7, 11) is 0. The molecule has 102 valence electrons. The lowest BCUT2D eigenvalue weighted by Crippen LogP contribution is -2.10. The molecule has 18 heavy (non-hydrogen) atoms. The Bertz CT molecular complexity index is 317. The first-order chi connectivity index (χ1) is 8.86. The number of nitrogens with one attached hydrogen (secondary N) is 1. The number of anilines is 1. The van der Waals surface area contributed by atoms with E-state index in [0.29, 0.717) is 0 Å². The quantitative estimate of drug-likeness (QED) is 0.510. The van der Waals surface area contributed by atoms with Gasteiger partial charge in [0.1, 0.15) is 0 Å². The van der Waals surface area contributed by atoms with Gasteiger partial charge in [-0.05, 0) is 37.0 Å². The molecule has 0 amide bonds. The standard InChI is InChI=1S/C15H24ClNO/c1-2-3-11-18-12-10-17-15-8-4-6-14(13-15)7-5-9-16/h4,6,8,13,17H,2-3,5,7,9-12H2,1H3. The zero-order valence-corrected chi connectivity index (χ0v) is 12.0. The van der Waals surface area contributed by atoms with Gasteiger partial charge < -0.3 is 10.1 Å². The van der Waals surface area contributed by atoms with Crippen LogP contribution in [0.4, 0.5) is 5.69 Å². The molecule has 0 aliphatic rings. The zero-order valence-electron chi connectivity index (χ0n) is 11.3. The van der Waals surface area contributed by atoms with Crippen molar-refractivity contribution in [2.24, 2.45) is 0 Å². The van der Waals surface area contributed by atoms with E-state index in [1.54, 1.807) is 0 Å². The third kappa shape index (κ3) is 6.87. The Morgan fingerprint density at radius 2 is 2.11 bits per heavy atom. The molecule has 2 nitrogen and oxygen atoms in total. The van der Waals surface area contributed by atoms with Crippen LogP contribution in [0.2, 0.25) is 0 Å². The Balaban J connectivity index is 2.20. The van der Waals surface area contributed by atoms with E-state index < -0.39 is 0 Å². The Kier molecular flexibility index (Phi) is 8.70. The van der Waals surface area contributed by atoms with Gasteiger partial charge in [-0.15, -0.1) is 11.6 Å². The van der Waals surface area contributed by atoms with Gasteiger partial charge in [-0.3, -0.25) is 0 Å². The van der Waals surface area contributed by atoms with Gasteiger partial charge in [0, 0.05) is 24.7 Å². The largest absolute Gasteiger partial charge is 0.383 e. The minimum absolute atomic E-state index is 0.725. The predicted molar refractivity (Wildman–Crippen MR) is 79.7 cm³/mol. The molecule has 0 fully saturated rings. The third-order valence-corrected chi connectivity index (χ3v) is 3.01. The fourth-order valence-electron chi connectivity index (χ4n) is 1.72. The number of rotatable bonds is 10. The molecule has 1 aromatic rings. The lowest BCUT2D eigenvalue weighted by Gasteiger charge is -2.08. The number of ether oxygens (including phenoxy) is 1. The number of hydrogen-bond donors (Lipinski definition) is 1. The highest BCUT2D eigenvalue weighted by Crippen LogP contribution is 2.12. The van der Waals surface area contributed by atoms with Gasteiger partial charge in [0.25, 0.3) is 0 Å². The van der Waals surface area contributed by atoms with Crippen LogP contribution in [0.15, 0.2) is 24.3 Å². The molecule has 0 radical (unpaired) electrons. The van der Waals surface area contributed by atoms with E-state index in [1.807, 2.05) is 0 Å². The van der Waals surface area contributed by atoms with Crippen molar-refractivity contribution in [3.8, 4) is 0 Å². The van der Waals surface area contributed by atoms with Crippen LogP contribution < -0.4 is 5.32 Å². The van der Waals surface area contributed by atoms with E-state index in [-0.39, 0.29) is 0 Å². The fourth-order valence-corrected chi connectivity index (χ4v) is 1.86. The molecule has 0 saturated carbocycles. The van der Waals surface area contributed by atoms with E-state index in [2.05, 4.69) is 36.5 Å². The lowest BCUT2D eigenvalue weighted by molar-refractivity contribution is 0.141. The number of benzene rings is 1. The average molecular weight is 270 g/mol. The lowest BCUT2D eigenvalue weighted by atomic mass is 10.1. The zero-order chi connectivity index (χ0) is 13.1. The maximum Gasteiger partial charge on any atom is 0.0639 e. The molecule has 0 atom stereocenters. The molecule has 0 heterocycles. The number of unbranched alkanes of at least 4 members (excludes halogenated alkanes) is 1. The van der Waals surface area contributed by atoms with Crippen LogP contribution >= 0.6 is 11.6 Å². The topological polar surface area (TPSA) is 21.3 Å². The molecular weight excluding hydrogens is 246 g/mol. The van der Waals surface area contributed by atoms with Gasteiger partial charge in [-0.25, -0.2) is 0 Å². The molecular formula is C15H24ClNO. The van der Waals surface area contributed by atoms with E-state index in [1.165, 1.54) is 17.7 Å². The molecule has 0 spiro atoms. The summed E-state index contributed by atoms with van der Waals surface area (Å²) in [6.07, 6.45) is 4.42. The Morgan fingerprint density at radius 3 is 2.89 bits per heavy atom. The summed E-state index contributed by atoms with van der Waals surface area (Å²) in [5, 5.41) is 3.38. The van der Waals surface area contributed by atoms with Crippen LogP contribution in [0.1, 0.15) is 31.7 Å². The summed E-state index contributed by atoms with van der Waals surface area (Å²) in [5.41, 5.74) is 2.51. The van der Waals surface area contributed by atoms with Gasteiger partial charge in [0.2, 0.25) is 0 Å². The maximum absolute atomic E-state index is 5.70. The molecule has 0 aromatic heterocycles. The fraction of sp³-hybridized carbons (Fsp3) is 0.600. The second kappa shape index (κ2) is 10.2. The van der Waals surface area contributed by atoms with Crippen LogP contribution in [0, 0.1) is 0 Å². The molecule has 0 unspecified atom stereocenters. The number of alkyl halides is 1. The van der Waals surface area contributed by atoms with Crippen molar-refractivity contribution in [1.82, 2.24) is 0 Å². The average Bonchev–Trinajstić information content (AvgIpc) is 2.41. The summed E-state index contributed by atoms with van der Waals surface area (Å²) in [4.78, 5) is 0. The van der Waals surface area contributed by atoms with Crippen molar-refractivity contribution in [1.29, 1.82) is 0 Å². The van der Waals surface area contributed by atoms with Crippen LogP contribution in [-0.4, -0.2) is 25.6 Å². The summed E-state index contributed by atoms with van der Waals surface area (Å²) < 4.78 is 5.51. The van der Waals surface area contributed by atoms with Crippen molar-refractivity contribution in [3.63, 3.8) is 0 Å². The van der Waals surface area contributed by atoms with Crippen LogP contribution in [0.25, 0.3) is 0 Å². The molecule has 1 aromatic carbocycles. The molecule has 0 aliphatic heterocycles. The van der Waals surface area contributed by atoms with Crippen molar-refractivity contribution >= 4 is 17.3 Å². The van der Waals surface area contributed by atoms with E-state index in [4.69, 9.17) is 16.3 Å². The normalized spacial score (nSPS) is 10.6. The summed E-state index contributed by atoms with van der Waals surface area (Å²) in [6.45, 7) is 4.68. The first kappa shape index (κ1) is 15.3. The summed E-state index contributed by atoms with van der Waals surface area (Å²) in [6, 6.07) is 8.52. The highest BCUT2D eigenvalue weighted by molar-refractivity contribution is 6.17. The van der Waals surface area contributed by atoms with Crippen LogP contribution in [-0.2, 0) is 11.2 Å². The molecule has 1 rings (SSSR count).